The quantitative estimate of drug-likeness (QED) is 0.660. The predicted octanol–water partition coefficient (Wildman–Crippen LogP) is 3.19. The molecule has 178 valence electrons. The van der Waals surface area contributed by atoms with E-state index in [-0.39, 0.29) is 17.9 Å². The Balaban J connectivity index is 1.14. The minimum absolute atomic E-state index is 0.0507. The summed E-state index contributed by atoms with van der Waals surface area (Å²) in [6.45, 7) is 0. The third kappa shape index (κ3) is 4.15. The number of aromatic nitrogens is 1. The minimum Gasteiger partial charge on any atom is -0.479 e. The van der Waals surface area contributed by atoms with Gasteiger partial charge in [-0.2, -0.15) is 0 Å². The van der Waals surface area contributed by atoms with Crippen molar-refractivity contribution in [3.05, 3.63) is 52.8 Å². The van der Waals surface area contributed by atoms with Gasteiger partial charge in [-0.05, 0) is 49.6 Å². The number of amides is 2. The number of rotatable bonds is 5. The third-order valence-corrected chi connectivity index (χ3v) is 6.41. The Bertz CT molecular complexity index is 1180. The summed E-state index contributed by atoms with van der Waals surface area (Å²) in [6, 6.07) is 6.79. The maximum atomic E-state index is 12.7. The Hall–Kier alpha value is -3.34. The largest absolute Gasteiger partial charge is 0.573 e. The fourth-order valence-corrected chi connectivity index (χ4v) is 5.02. The molecule has 12 heteroatoms. The number of hydrogen-bond donors (Lipinski definition) is 2. The van der Waals surface area contributed by atoms with Crippen LogP contribution in [0.4, 0.5) is 13.2 Å². The molecule has 1 aromatic carbocycles. The van der Waals surface area contributed by atoms with Crippen LogP contribution in [0.25, 0.3) is 0 Å². The summed E-state index contributed by atoms with van der Waals surface area (Å²) in [7, 11) is 0. The molecule has 34 heavy (non-hydrogen) atoms. The van der Waals surface area contributed by atoms with Gasteiger partial charge in [0.25, 0.3) is 11.8 Å². The maximum Gasteiger partial charge on any atom is 0.573 e. The van der Waals surface area contributed by atoms with Crippen molar-refractivity contribution in [3.8, 4) is 11.5 Å². The van der Waals surface area contributed by atoms with Crippen molar-refractivity contribution in [1.29, 1.82) is 0 Å². The molecular formula is C22H17ClF3N3O5. The van der Waals surface area contributed by atoms with Crippen molar-refractivity contribution >= 4 is 29.2 Å². The number of benzene rings is 1. The van der Waals surface area contributed by atoms with E-state index in [0.717, 1.165) is 18.3 Å². The van der Waals surface area contributed by atoms with E-state index in [1.165, 1.54) is 6.07 Å². The van der Waals surface area contributed by atoms with E-state index in [1.54, 1.807) is 12.1 Å². The van der Waals surface area contributed by atoms with Crippen molar-refractivity contribution in [2.75, 3.05) is 0 Å². The number of nitrogens with one attached hydrogen (secondary N) is 2. The molecule has 3 saturated carbocycles. The second-order valence-corrected chi connectivity index (χ2v) is 9.27. The molecule has 0 unspecified atom stereocenters. The molecule has 2 aromatic rings. The first-order chi connectivity index (χ1) is 15.9. The average Bonchev–Trinajstić information content (AvgIpc) is 2.70. The summed E-state index contributed by atoms with van der Waals surface area (Å²) in [4.78, 5) is 41.3. The highest BCUT2D eigenvalue weighted by atomic mass is 35.5. The van der Waals surface area contributed by atoms with Crippen molar-refractivity contribution < 1.29 is 37.0 Å². The van der Waals surface area contributed by atoms with Crippen LogP contribution in [0, 0.1) is 0 Å². The fraction of sp³-hybridized carbons (Fsp3) is 0.364. The van der Waals surface area contributed by atoms with Gasteiger partial charge >= 0.3 is 6.36 Å². The first-order valence-electron chi connectivity index (χ1n) is 10.3. The number of halogens is 4. The van der Waals surface area contributed by atoms with Gasteiger partial charge < -0.3 is 20.1 Å². The van der Waals surface area contributed by atoms with Gasteiger partial charge in [0.15, 0.2) is 11.9 Å². The first kappa shape index (κ1) is 22.5. The molecule has 6 rings (SSSR count). The molecule has 2 bridgehead atoms. The van der Waals surface area contributed by atoms with E-state index in [0.29, 0.717) is 35.6 Å². The highest BCUT2D eigenvalue weighted by Gasteiger charge is 2.69. The normalized spacial score (nSPS) is 26.8. The SMILES string of the molecule is O=C(NC12CC(NC(=O)[C@H]3CC(=O)c4cc(Cl)ccc4O3)(C1)C2)c1ccc(OC(F)(F)F)cn1. The minimum atomic E-state index is -4.84. The summed E-state index contributed by atoms with van der Waals surface area (Å²) in [5.74, 6) is -1.39. The van der Waals surface area contributed by atoms with Gasteiger partial charge in [-0.25, -0.2) is 4.98 Å². The molecule has 0 radical (unpaired) electrons. The van der Waals surface area contributed by atoms with Crippen LogP contribution in [-0.4, -0.2) is 46.1 Å². The van der Waals surface area contributed by atoms with Crippen LogP contribution in [-0.2, 0) is 4.79 Å². The van der Waals surface area contributed by atoms with Gasteiger partial charge in [-0.3, -0.25) is 14.4 Å². The van der Waals surface area contributed by atoms with E-state index < -0.39 is 41.1 Å². The average molecular weight is 496 g/mol. The Labute approximate surface area is 195 Å². The number of ether oxygens (including phenoxy) is 2. The molecule has 2 N–H and O–H groups in total. The summed E-state index contributed by atoms with van der Waals surface area (Å²) < 4.78 is 46.1. The number of alkyl halides is 3. The maximum absolute atomic E-state index is 12.7. The Morgan fingerprint density at radius 3 is 2.47 bits per heavy atom. The third-order valence-electron chi connectivity index (χ3n) is 6.17. The molecule has 1 aliphatic heterocycles. The fourth-order valence-electron chi connectivity index (χ4n) is 4.85. The van der Waals surface area contributed by atoms with Crippen molar-refractivity contribution in [2.24, 2.45) is 0 Å². The molecule has 2 heterocycles. The Morgan fingerprint density at radius 1 is 1.12 bits per heavy atom. The topological polar surface area (TPSA) is 107 Å². The second kappa shape index (κ2) is 7.59. The number of Topliss-reactive ketones (excluding diaryl/α,β-unsaturated/α-hetero) is 1. The Morgan fingerprint density at radius 2 is 1.82 bits per heavy atom. The van der Waals surface area contributed by atoms with Crippen LogP contribution >= 0.6 is 11.6 Å². The summed E-state index contributed by atoms with van der Waals surface area (Å²) >= 11 is 5.91. The molecular weight excluding hydrogens is 479 g/mol. The van der Waals surface area contributed by atoms with Gasteiger partial charge in [0.05, 0.1) is 18.2 Å². The lowest BCUT2D eigenvalue weighted by Gasteiger charge is -2.70. The number of nitrogens with zero attached hydrogens (tertiary/aromatic N) is 1. The number of hydrogen-bond acceptors (Lipinski definition) is 6. The molecule has 1 atom stereocenters. The van der Waals surface area contributed by atoms with Crippen molar-refractivity contribution in [2.45, 2.75) is 49.2 Å². The molecule has 2 amide bonds. The summed E-state index contributed by atoms with van der Waals surface area (Å²) in [5.41, 5.74) is -0.713. The van der Waals surface area contributed by atoms with Crippen LogP contribution in [0.15, 0.2) is 36.5 Å². The van der Waals surface area contributed by atoms with E-state index in [1.807, 2.05) is 0 Å². The van der Waals surface area contributed by atoms with Gasteiger partial charge in [0, 0.05) is 16.1 Å². The lowest BCUT2D eigenvalue weighted by atomic mass is 9.44. The summed E-state index contributed by atoms with van der Waals surface area (Å²) in [6.07, 6.45) is -3.62. The van der Waals surface area contributed by atoms with Crippen molar-refractivity contribution in [1.82, 2.24) is 15.6 Å². The standard InChI is InChI=1S/C22H17ClF3N3O5/c23-11-1-4-16-13(5-11)15(30)6-17(33-16)19(32)29-21-8-20(9-21,10-21)28-18(31)14-3-2-12(7-27-14)34-22(24,25)26/h1-5,7,17H,6,8-10H2,(H,28,31)(H,29,32)/t17-,20?,21?/m1/s1. The summed E-state index contributed by atoms with van der Waals surface area (Å²) in [5, 5.41) is 6.16. The van der Waals surface area contributed by atoms with Crippen LogP contribution in [0.2, 0.25) is 5.02 Å². The monoisotopic (exact) mass is 495 g/mol. The molecule has 3 aliphatic carbocycles. The number of carbonyl (C=O) groups is 3. The predicted molar refractivity (Wildman–Crippen MR) is 111 cm³/mol. The second-order valence-electron chi connectivity index (χ2n) is 8.84. The van der Waals surface area contributed by atoms with Crippen molar-refractivity contribution in [3.63, 3.8) is 0 Å². The van der Waals surface area contributed by atoms with Crippen LogP contribution < -0.4 is 20.1 Å². The van der Waals surface area contributed by atoms with Gasteiger partial charge in [-0.1, -0.05) is 11.6 Å². The van der Waals surface area contributed by atoms with E-state index in [2.05, 4.69) is 20.4 Å². The Kier molecular flexibility index (Phi) is 5.01. The van der Waals surface area contributed by atoms with Crippen LogP contribution in [0.3, 0.4) is 0 Å². The molecule has 3 fully saturated rings. The van der Waals surface area contributed by atoms with Gasteiger partial charge in [-0.15, -0.1) is 13.2 Å². The zero-order chi connectivity index (χ0) is 24.3. The van der Waals surface area contributed by atoms with E-state index in [4.69, 9.17) is 16.3 Å². The molecule has 4 aliphatic rings. The highest BCUT2D eigenvalue weighted by molar-refractivity contribution is 6.31. The lowest BCUT2D eigenvalue weighted by molar-refractivity contribution is -0.274. The van der Waals surface area contributed by atoms with Gasteiger partial charge in [0.2, 0.25) is 0 Å². The van der Waals surface area contributed by atoms with E-state index >= 15 is 0 Å². The van der Waals surface area contributed by atoms with Gasteiger partial charge in [0.1, 0.15) is 17.2 Å². The zero-order valence-corrected chi connectivity index (χ0v) is 18.1. The van der Waals surface area contributed by atoms with Crippen LogP contribution in [0.5, 0.6) is 11.5 Å². The molecule has 0 saturated heterocycles. The van der Waals surface area contributed by atoms with E-state index in [9.17, 15) is 27.6 Å². The first-order valence-corrected chi connectivity index (χ1v) is 10.7. The smallest absolute Gasteiger partial charge is 0.479 e. The highest BCUT2D eigenvalue weighted by Crippen LogP contribution is 2.60. The molecule has 8 nitrogen and oxygen atoms in total. The molecule has 1 aromatic heterocycles. The zero-order valence-electron chi connectivity index (χ0n) is 17.4. The van der Waals surface area contributed by atoms with Crippen LogP contribution in [0.1, 0.15) is 46.5 Å². The molecule has 0 spiro atoms. The number of pyridine rings is 1. The lowest BCUT2D eigenvalue weighted by Crippen LogP contribution is -2.84. The number of fused-ring (bicyclic) bond motifs is 1. The number of carbonyl (C=O) groups excluding carboxylic acids is 3. The number of ketones is 1.